The van der Waals surface area contributed by atoms with Crippen molar-refractivity contribution < 1.29 is 9.53 Å². The van der Waals surface area contributed by atoms with Crippen LogP contribution in [0.2, 0.25) is 0 Å². The zero-order valence-corrected chi connectivity index (χ0v) is 13.2. The molecule has 1 aromatic carbocycles. The normalized spacial score (nSPS) is 20.3. The van der Waals surface area contributed by atoms with Gasteiger partial charge >= 0.3 is 0 Å². The predicted molar refractivity (Wildman–Crippen MR) is 87.0 cm³/mol. The van der Waals surface area contributed by atoms with E-state index in [1.807, 2.05) is 35.2 Å². The monoisotopic (exact) mass is 302 g/mol. The first-order chi connectivity index (χ1) is 10.8. The van der Waals surface area contributed by atoms with E-state index in [2.05, 4.69) is 4.90 Å². The summed E-state index contributed by atoms with van der Waals surface area (Å²) in [5.74, 6) is 1.06. The smallest absolute Gasteiger partial charge is 0.226 e. The lowest BCUT2D eigenvalue weighted by Crippen LogP contribution is -2.51. The van der Waals surface area contributed by atoms with Gasteiger partial charge < -0.3 is 9.64 Å². The molecule has 1 aromatic rings. The number of carbonyl (C=O) groups excluding carboxylic acids is 1. The van der Waals surface area contributed by atoms with Crippen LogP contribution in [-0.2, 0) is 4.79 Å². The summed E-state index contributed by atoms with van der Waals surface area (Å²) in [4.78, 5) is 16.8. The number of nitrogens with zero attached hydrogens (tertiary/aromatic N) is 2. The van der Waals surface area contributed by atoms with E-state index < -0.39 is 0 Å². The molecule has 1 saturated heterocycles. The molecule has 1 amide bonds. The topological polar surface area (TPSA) is 32.8 Å². The van der Waals surface area contributed by atoms with Crippen molar-refractivity contribution >= 4 is 5.91 Å². The molecule has 1 aliphatic heterocycles. The molecule has 0 spiro atoms. The number of carbonyl (C=O) groups is 1. The first-order valence-corrected chi connectivity index (χ1v) is 8.52. The van der Waals surface area contributed by atoms with Crippen LogP contribution in [0.25, 0.3) is 0 Å². The fraction of sp³-hybridized carbons (Fsp3) is 0.611. The minimum atomic E-state index is 0.224. The molecule has 22 heavy (non-hydrogen) atoms. The molecule has 0 atom stereocenters. The second kappa shape index (κ2) is 7.63. The molecule has 1 heterocycles. The maximum Gasteiger partial charge on any atom is 0.226 e. The molecule has 120 valence electrons. The average Bonchev–Trinajstić information content (AvgIpc) is 3.10. The Hall–Kier alpha value is -1.55. The Morgan fingerprint density at radius 1 is 1.05 bits per heavy atom. The van der Waals surface area contributed by atoms with E-state index in [1.165, 1.54) is 25.7 Å². The van der Waals surface area contributed by atoms with Gasteiger partial charge in [-0.25, -0.2) is 0 Å². The molecule has 0 unspecified atom stereocenters. The van der Waals surface area contributed by atoms with Gasteiger partial charge in [0, 0.05) is 32.2 Å². The van der Waals surface area contributed by atoms with Gasteiger partial charge in [0.25, 0.3) is 0 Å². The molecule has 0 aromatic heterocycles. The molecule has 2 fully saturated rings. The van der Waals surface area contributed by atoms with E-state index >= 15 is 0 Å². The molecule has 4 nitrogen and oxygen atoms in total. The number of rotatable bonds is 5. The Balaban J connectivity index is 1.36. The second-order valence-electron chi connectivity index (χ2n) is 6.27. The molecule has 2 aliphatic rings. The van der Waals surface area contributed by atoms with Crippen LogP contribution < -0.4 is 4.74 Å². The van der Waals surface area contributed by atoms with Gasteiger partial charge in [-0.15, -0.1) is 0 Å². The zero-order chi connectivity index (χ0) is 15.2. The van der Waals surface area contributed by atoms with Crippen LogP contribution in [-0.4, -0.2) is 54.5 Å². The summed E-state index contributed by atoms with van der Waals surface area (Å²) < 4.78 is 5.61. The first-order valence-electron chi connectivity index (χ1n) is 8.52. The minimum absolute atomic E-state index is 0.224. The molecular formula is C18H26N2O2. The minimum Gasteiger partial charge on any atom is -0.493 e. The van der Waals surface area contributed by atoms with E-state index in [9.17, 15) is 4.79 Å². The zero-order valence-electron chi connectivity index (χ0n) is 13.2. The van der Waals surface area contributed by atoms with Crippen LogP contribution in [0.4, 0.5) is 0 Å². The third kappa shape index (κ3) is 4.01. The number of hydrogen-bond acceptors (Lipinski definition) is 3. The molecule has 4 heteroatoms. The van der Waals surface area contributed by atoms with Crippen LogP contribution >= 0.6 is 0 Å². The van der Waals surface area contributed by atoms with E-state index in [1.54, 1.807) is 0 Å². The van der Waals surface area contributed by atoms with E-state index in [-0.39, 0.29) is 5.91 Å². The third-order valence-corrected chi connectivity index (χ3v) is 4.84. The highest BCUT2D eigenvalue weighted by Gasteiger charge is 2.27. The van der Waals surface area contributed by atoms with E-state index in [4.69, 9.17) is 4.74 Å². The van der Waals surface area contributed by atoms with E-state index in [0.29, 0.717) is 13.0 Å². The van der Waals surface area contributed by atoms with Crippen LogP contribution in [0.3, 0.4) is 0 Å². The van der Waals surface area contributed by atoms with Crippen LogP contribution in [0, 0.1) is 0 Å². The molecule has 1 aliphatic carbocycles. The highest BCUT2D eigenvalue weighted by molar-refractivity contribution is 5.76. The van der Waals surface area contributed by atoms with Crippen molar-refractivity contribution in [2.45, 2.75) is 38.1 Å². The number of para-hydroxylation sites is 1. The van der Waals surface area contributed by atoms with Gasteiger partial charge in [-0.3, -0.25) is 9.69 Å². The van der Waals surface area contributed by atoms with E-state index in [0.717, 1.165) is 38.0 Å². The fourth-order valence-corrected chi connectivity index (χ4v) is 3.54. The highest BCUT2D eigenvalue weighted by Crippen LogP contribution is 2.24. The molecule has 0 N–H and O–H groups in total. The Kier molecular flexibility index (Phi) is 5.33. The molecule has 3 rings (SSSR count). The van der Waals surface area contributed by atoms with Gasteiger partial charge in [0.15, 0.2) is 0 Å². The molecule has 0 bridgehead atoms. The second-order valence-corrected chi connectivity index (χ2v) is 6.27. The van der Waals surface area contributed by atoms with Crippen LogP contribution in [0.15, 0.2) is 30.3 Å². The van der Waals surface area contributed by atoms with Gasteiger partial charge in [-0.2, -0.15) is 0 Å². The van der Waals surface area contributed by atoms with Crippen molar-refractivity contribution in [2.75, 3.05) is 32.8 Å². The lowest BCUT2D eigenvalue weighted by molar-refractivity contribution is -0.133. The van der Waals surface area contributed by atoms with Gasteiger partial charge in [0.2, 0.25) is 5.91 Å². The van der Waals surface area contributed by atoms with Crippen molar-refractivity contribution in [1.82, 2.24) is 9.80 Å². The third-order valence-electron chi connectivity index (χ3n) is 4.84. The highest BCUT2D eigenvalue weighted by atomic mass is 16.5. The lowest BCUT2D eigenvalue weighted by atomic mass is 10.2. The van der Waals surface area contributed by atoms with Crippen molar-refractivity contribution in [3.05, 3.63) is 30.3 Å². The van der Waals surface area contributed by atoms with Crippen LogP contribution in [0.5, 0.6) is 5.75 Å². The Bertz CT molecular complexity index is 463. The van der Waals surface area contributed by atoms with Crippen molar-refractivity contribution in [1.29, 1.82) is 0 Å². The van der Waals surface area contributed by atoms with Crippen molar-refractivity contribution in [2.24, 2.45) is 0 Å². The maximum absolute atomic E-state index is 12.2. The van der Waals surface area contributed by atoms with Crippen molar-refractivity contribution in [3.63, 3.8) is 0 Å². The predicted octanol–water partition coefficient (Wildman–Crippen LogP) is 2.54. The Morgan fingerprint density at radius 3 is 2.41 bits per heavy atom. The maximum atomic E-state index is 12.2. The summed E-state index contributed by atoms with van der Waals surface area (Å²) in [5.41, 5.74) is 0. The van der Waals surface area contributed by atoms with Crippen LogP contribution in [0.1, 0.15) is 32.1 Å². The van der Waals surface area contributed by atoms with Gasteiger partial charge in [0.05, 0.1) is 13.0 Å². The summed E-state index contributed by atoms with van der Waals surface area (Å²) in [6.45, 7) is 4.29. The molecule has 0 radical (unpaired) electrons. The Morgan fingerprint density at radius 2 is 1.73 bits per heavy atom. The summed E-state index contributed by atoms with van der Waals surface area (Å²) >= 11 is 0. The number of amides is 1. The number of hydrogen-bond donors (Lipinski definition) is 0. The summed E-state index contributed by atoms with van der Waals surface area (Å²) in [7, 11) is 0. The quantitative estimate of drug-likeness (QED) is 0.838. The Labute approximate surface area is 133 Å². The number of piperazine rings is 1. The lowest BCUT2D eigenvalue weighted by Gasteiger charge is -2.38. The summed E-state index contributed by atoms with van der Waals surface area (Å²) in [6.07, 6.45) is 5.91. The van der Waals surface area contributed by atoms with Gasteiger partial charge in [-0.05, 0) is 25.0 Å². The average molecular weight is 302 g/mol. The van der Waals surface area contributed by atoms with Crippen molar-refractivity contribution in [3.8, 4) is 5.75 Å². The fourth-order valence-electron chi connectivity index (χ4n) is 3.54. The largest absolute Gasteiger partial charge is 0.493 e. The first kappa shape index (κ1) is 15.3. The SMILES string of the molecule is O=C(CCOc1ccccc1)N1CCN(C2CCCC2)CC1. The molecular weight excluding hydrogens is 276 g/mol. The summed E-state index contributed by atoms with van der Waals surface area (Å²) in [5, 5.41) is 0. The standard InChI is InChI=1S/C18H26N2O2/c21-18(10-15-22-17-8-2-1-3-9-17)20-13-11-19(12-14-20)16-6-4-5-7-16/h1-3,8-9,16H,4-7,10-15H2. The van der Waals surface area contributed by atoms with Gasteiger partial charge in [-0.1, -0.05) is 31.0 Å². The number of ether oxygens (including phenoxy) is 1. The summed E-state index contributed by atoms with van der Waals surface area (Å²) in [6, 6.07) is 10.5. The van der Waals surface area contributed by atoms with Gasteiger partial charge in [0.1, 0.15) is 5.75 Å². The number of benzene rings is 1. The molecule has 1 saturated carbocycles.